The Labute approximate surface area is 181 Å². The Balaban J connectivity index is 1.72. The maximum atomic E-state index is 12.9. The number of amides is 2. The van der Waals surface area contributed by atoms with Gasteiger partial charge in [-0.15, -0.1) is 0 Å². The molecule has 0 aliphatic carbocycles. The molecule has 1 atom stereocenters. The monoisotopic (exact) mass is 418 g/mol. The number of nitrogens with zero attached hydrogens (tertiary/aromatic N) is 3. The van der Waals surface area contributed by atoms with Gasteiger partial charge >= 0.3 is 6.03 Å². The van der Waals surface area contributed by atoms with Crippen molar-refractivity contribution in [3.8, 4) is 11.4 Å². The van der Waals surface area contributed by atoms with Gasteiger partial charge in [-0.2, -0.15) is 4.98 Å². The second-order valence-electron chi connectivity index (χ2n) is 7.28. The molecule has 160 valence electrons. The van der Waals surface area contributed by atoms with Crippen molar-refractivity contribution in [2.75, 3.05) is 19.8 Å². The minimum absolute atomic E-state index is 0.144. The summed E-state index contributed by atoms with van der Waals surface area (Å²) in [6.07, 6.45) is 0.737. The first-order valence-corrected chi connectivity index (χ1v) is 10.5. The maximum absolute atomic E-state index is 12.9. The summed E-state index contributed by atoms with van der Waals surface area (Å²) in [5.74, 6) is 0.919. The molecule has 0 fully saturated rings. The van der Waals surface area contributed by atoms with Crippen LogP contribution in [-0.2, 0) is 4.74 Å². The molecule has 3 aromatic rings. The third kappa shape index (κ3) is 4.51. The third-order valence-corrected chi connectivity index (χ3v) is 5.29. The van der Waals surface area contributed by atoms with Crippen molar-refractivity contribution in [2.45, 2.75) is 26.3 Å². The Kier molecular flexibility index (Phi) is 6.43. The molecule has 2 aromatic carbocycles. The molecule has 1 unspecified atom stereocenters. The first-order valence-electron chi connectivity index (χ1n) is 10.5. The lowest BCUT2D eigenvalue weighted by atomic mass is 9.94. The van der Waals surface area contributed by atoms with Crippen LogP contribution < -0.4 is 5.32 Å². The fourth-order valence-electron chi connectivity index (χ4n) is 3.73. The lowest BCUT2D eigenvalue weighted by Crippen LogP contribution is -2.46. The fraction of sp³-hybridized carbons (Fsp3) is 0.292. The minimum atomic E-state index is -0.374. The van der Waals surface area contributed by atoms with Crippen molar-refractivity contribution in [3.05, 3.63) is 77.8 Å². The molecule has 0 spiro atoms. The number of hydrogen-bond donors (Lipinski definition) is 1. The highest BCUT2D eigenvalue weighted by Gasteiger charge is 2.35. The fourth-order valence-corrected chi connectivity index (χ4v) is 3.73. The third-order valence-electron chi connectivity index (χ3n) is 5.29. The molecular formula is C24H26N4O3. The Morgan fingerprint density at radius 3 is 2.52 bits per heavy atom. The lowest BCUT2D eigenvalue weighted by Gasteiger charge is -2.35. The summed E-state index contributed by atoms with van der Waals surface area (Å²) in [5, 5.41) is 7.30. The van der Waals surface area contributed by atoms with Gasteiger partial charge in [0.05, 0.1) is 11.6 Å². The van der Waals surface area contributed by atoms with Crippen LogP contribution in [0.15, 0.2) is 70.9 Å². The van der Waals surface area contributed by atoms with Gasteiger partial charge in [-0.3, -0.25) is 4.90 Å². The van der Waals surface area contributed by atoms with Crippen molar-refractivity contribution < 1.29 is 14.1 Å². The van der Waals surface area contributed by atoms with Crippen molar-refractivity contribution in [3.63, 3.8) is 0 Å². The van der Waals surface area contributed by atoms with Gasteiger partial charge in [0, 0.05) is 31.0 Å². The SMILES string of the molecule is CCOCCCN1C(=O)NC(c2ccccc2)C(c2nc(-c3ccccc3)no2)=C1C. The first-order chi connectivity index (χ1) is 15.2. The molecule has 1 aromatic heterocycles. The van der Waals surface area contributed by atoms with Gasteiger partial charge < -0.3 is 14.6 Å². The number of ether oxygens (including phenoxy) is 1. The highest BCUT2D eigenvalue weighted by Crippen LogP contribution is 2.37. The van der Waals surface area contributed by atoms with Crippen LogP contribution in [0.3, 0.4) is 0 Å². The number of allylic oxidation sites excluding steroid dienone is 1. The zero-order valence-corrected chi connectivity index (χ0v) is 17.7. The zero-order chi connectivity index (χ0) is 21.6. The Bertz CT molecular complexity index is 1050. The molecule has 2 amide bonds. The highest BCUT2D eigenvalue weighted by molar-refractivity contribution is 5.86. The predicted molar refractivity (Wildman–Crippen MR) is 118 cm³/mol. The van der Waals surface area contributed by atoms with Crippen LogP contribution in [0.25, 0.3) is 17.0 Å². The van der Waals surface area contributed by atoms with Gasteiger partial charge in [0.2, 0.25) is 5.82 Å². The number of aromatic nitrogens is 2. The second kappa shape index (κ2) is 9.57. The molecule has 1 N–H and O–H groups in total. The van der Waals surface area contributed by atoms with Crippen molar-refractivity contribution >= 4 is 11.6 Å². The Morgan fingerprint density at radius 1 is 1.10 bits per heavy atom. The molecule has 0 radical (unpaired) electrons. The summed E-state index contributed by atoms with van der Waals surface area (Å²) in [7, 11) is 0. The van der Waals surface area contributed by atoms with Crippen LogP contribution in [0.1, 0.15) is 37.8 Å². The molecule has 7 heteroatoms. The van der Waals surface area contributed by atoms with Crippen LogP contribution in [0.5, 0.6) is 0 Å². The van der Waals surface area contributed by atoms with E-state index in [0.29, 0.717) is 31.5 Å². The van der Waals surface area contributed by atoms with E-state index in [1.54, 1.807) is 4.90 Å². The van der Waals surface area contributed by atoms with Crippen molar-refractivity contribution in [1.29, 1.82) is 0 Å². The molecule has 1 aliphatic rings. The summed E-state index contributed by atoms with van der Waals surface area (Å²) < 4.78 is 11.1. The van der Waals surface area contributed by atoms with E-state index < -0.39 is 0 Å². The van der Waals surface area contributed by atoms with Crippen molar-refractivity contribution in [2.24, 2.45) is 0 Å². The molecule has 1 aliphatic heterocycles. The second-order valence-corrected chi connectivity index (χ2v) is 7.28. The maximum Gasteiger partial charge on any atom is 0.322 e. The minimum Gasteiger partial charge on any atom is -0.382 e. The highest BCUT2D eigenvalue weighted by atomic mass is 16.5. The average Bonchev–Trinajstić information content (AvgIpc) is 3.29. The molecule has 2 heterocycles. The Morgan fingerprint density at radius 2 is 1.81 bits per heavy atom. The van der Waals surface area contributed by atoms with Crippen LogP contribution >= 0.6 is 0 Å². The predicted octanol–water partition coefficient (Wildman–Crippen LogP) is 4.66. The van der Waals surface area contributed by atoms with Crippen LogP contribution in [0.2, 0.25) is 0 Å². The topological polar surface area (TPSA) is 80.5 Å². The summed E-state index contributed by atoms with van der Waals surface area (Å²) in [6, 6.07) is 19.0. The van der Waals surface area contributed by atoms with Crippen LogP contribution in [0, 0.1) is 0 Å². The number of nitrogens with one attached hydrogen (secondary N) is 1. The van der Waals surface area contributed by atoms with Gasteiger partial charge in [0.1, 0.15) is 0 Å². The van der Waals surface area contributed by atoms with E-state index in [1.807, 2.05) is 74.5 Å². The number of urea groups is 1. The van der Waals surface area contributed by atoms with E-state index in [4.69, 9.17) is 9.26 Å². The smallest absolute Gasteiger partial charge is 0.322 e. The number of hydrogen-bond acceptors (Lipinski definition) is 5. The molecule has 0 saturated carbocycles. The van der Waals surface area contributed by atoms with Gasteiger partial charge in [-0.1, -0.05) is 65.8 Å². The van der Waals surface area contributed by atoms with E-state index >= 15 is 0 Å². The van der Waals surface area contributed by atoms with E-state index in [2.05, 4.69) is 15.5 Å². The van der Waals surface area contributed by atoms with Crippen LogP contribution in [0.4, 0.5) is 4.79 Å². The van der Waals surface area contributed by atoms with E-state index in [9.17, 15) is 4.79 Å². The quantitative estimate of drug-likeness (QED) is 0.538. The average molecular weight is 418 g/mol. The number of carbonyl (C=O) groups is 1. The molecule has 31 heavy (non-hydrogen) atoms. The summed E-state index contributed by atoms with van der Waals surface area (Å²) >= 11 is 0. The summed E-state index contributed by atoms with van der Waals surface area (Å²) in [4.78, 5) is 19.3. The largest absolute Gasteiger partial charge is 0.382 e. The Hall–Kier alpha value is -3.45. The number of carbonyl (C=O) groups excluding carboxylic acids is 1. The number of benzene rings is 2. The van der Waals surface area contributed by atoms with Crippen molar-refractivity contribution in [1.82, 2.24) is 20.4 Å². The normalized spacial score (nSPS) is 16.5. The van der Waals surface area contributed by atoms with Crippen LogP contribution in [-0.4, -0.2) is 40.8 Å². The number of rotatable bonds is 8. The molecule has 4 rings (SSSR count). The van der Waals surface area contributed by atoms with Gasteiger partial charge in [-0.05, 0) is 25.8 Å². The van der Waals surface area contributed by atoms with E-state index in [-0.39, 0.29) is 12.1 Å². The standard InChI is InChI=1S/C24H26N4O3/c1-3-30-16-10-15-28-17(2)20(21(25-24(28)29)18-11-6-4-7-12-18)23-26-22(27-31-23)19-13-8-5-9-14-19/h4-9,11-14,21H,3,10,15-16H2,1-2H3,(H,25,29). The zero-order valence-electron chi connectivity index (χ0n) is 17.7. The summed E-state index contributed by atoms with van der Waals surface area (Å²) in [6.45, 7) is 5.69. The summed E-state index contributed by atoms with van der Waals surface area (Å²) in [5.41, 5.74) is 3.44. The van der Waals surface area contributed by atoms with Gasteiger partial charge in [0.25, 0.3) is 5.89 Å². The first kappa shape index (κ1) is 20.8. The van der Waals surface area contributed by atoms with E-state index in [1.165, 1.54) is 0 Å². The molecule has 0 saturated heterocycles. The molecular weight excluding hydrogens is 392 g/mol. The molecule has 0 bridgehead atoms. The van der Waals surface area contributed by atoms with Gasteiger partial charge in [-0.25, -0.2) is 4.79 Å². The van der Waals surface area contributed by atoms with E-state index in [0.717, 1.165) is 28.8 Å². The molecule has 7 nitrogen and oxygen atoms in total. The lowest BCUT2D eigenvalue weighted by molar-refractivity contribution is 0.136. The van der Waals surface area contributed by atoms with Gasteiger partial charge in [0.15, 0.2) is 0 Å².